The molecule has 4 aromatic carbocycles. The van der Waals surface area contributed by atoms with Crippen LogP contribution in [0.25, 0.3) is 16.9 Å². The number of carbonyl (C=O) groups is 1. The van der Waals surface area contributed by atoms with Gasteiger partial charge in [0.15, 0.2) is 0 Å². The molecule has 0 saturated carbocycles. The maximum atomic E-state index is 13.5. The fourth-order valence-corrected chi connectivity index (χ4v) is 4.75. The highest BCUT2D eigenvalue weighted by Gasteiger charge is 2.19. The molecule has 0 aliphatic carbocycles. The van der Waals surface area contributed by atoms with E-state index in [2.05, 4.69) is 29.6 Å². The Bertz CT molecular complexity index is 1460. The minimum Gasteiger partial charge on any atom is -0.497 e. The third-order valence-electron chi connectivity index (χ3n) is 6.50. The molecule has 0 fully saturated rings. The summed E-state index contributed by atoms with van der Waals surface area (Å²) in [5, 5.41) is 8.46. The van der Waals surface area contributed by atoms with Crippen molar-refractivity contribution < 1.29 is 9.53 Å². The summed E-state index contributed by atoms with van der Waals surface area (Å²) in [4.78, 5) is 13.5. The summed E-state index contributed by atoms with van der Waals surface area (Å²) >= 11 is 6.26. The van der Waals surface area contributed by atoms with Crippen LogP contribution in [0.1, 0.15) is 34.0 Å². The third-order valence-corrected chi connectivity index (χ3v) is 6.74. The van der Waals surface area contributed by atoms with Crippen LogP contribution in [0.5, 0.6) is 5.75 Å². The van der Waals surface area contributed by atoms with Gasteiger partial charge in [-0.05, 0) is 66.1 Å². The number of ether oxygens (including phenoxy) is 1. The summed E-state index contributed by atoms with van der Waals surface area (Å²) in [6.45, 7) is 0.506. The van der Waals surface area contributed by atoms with Crippen LogP contribution < -0.4 is 10.1 Å². The zero-order valence-electron chi connectivity index (χ0n) is 21.1. The Labute approximate surface area is 227 Å². The molecular formula is C32H28ClN3O2. The predicted octanol–water partition coefficient (Wildman–Crippen LogP) is 7.15. The first-order valence-electron chi connectivity index (χ1n) is 12.5. The first-order valence-corrected chi connectivity index (χ1v) is 12.9. The van der Waals surface area contributed by atoms with Crippen molar-refractivity contribution in [1.82, 2.24) is 15.1 Å². The van der Waals surface area contributed by atoms with Crippen LogP contribution in [0.2, 0.25) is 5.02 Å². The van der Waals surface area contributed by atoms with Gasteiger partial charge in [-0.3, -0.25) is 4.79 Å². The van der Waals surface area contributed by atoms with Gasteiger partial charge < -0.3 is 10.1 Å². The van der Waals surface area contributed by atoms with E-state index in [1.165, 1.54) is 11.1 Å². The molecule has 1 aromatic heterocycles. The van der Waals surface area contributed by atoms with E-state index in [9.17, 15) is 4.79 Å². The standard InChI is InChI=1S/C32H28ClN3O2/c1-38-28-17-15-25(16-18-28)30-22-31(36(35-30)27-14-8-13-26(33)21-27)32(37)34-20-19-29(23-9-4-2-5-10-23)24-11-6-3-7-12-24/h2-18,21-22,29H,19-20H2,1H3,(H,34,37). The summed E-state index contributed by atoms with van der Waals surface area (Å²) in [6.07, 6.45) is 0.760. The van der Waals surface area contributed by atoms with E-state index < -0.39 is 0 Å². The van der Waals surface area contributed by atoms with Crippen LogP contribution in [0.3, 0.4) is 0 Å². The van der Waals surface area contributed by atoms with Gasteiger partial charge in [0.2, 0.25) is 0 Å². The van der Waals surface area contributed by atoms with Crippen LogP contribution in [0, 0.1) is 0 Å². The number of hydrogen-bond donors (Lipinski definition) is 1. The first-order chi connectivity index (χ1) is 18.6. The number of nitrogens with zero attached hydrogens (tertiary/aromatic N) is 2. The normalized spacial score (nSPS) is 10.9. The highest BCUT2D eigenvalue weighted by Crippen LogP contribution is 2.28. The second-order valence-electron chi connectivity index (χ2n) is 8.95. The number of aromatic nitrogens is 2. The van der Waals surface area contributed by atoms with Crippen molar-refractivity contribution in [3.8, 4) is 22.7 Å². The van der Waals surface area contributed by atoms with E-state index in [0.717, 1.165) is 17.7 Å². The van der Waals surface area contributed by atoms with Crippen molar-refractivity contribution in [2.45, 2.75) is 12.3 Å². The van der Waals surface area contributed by atoms with Crippen molar-refractivity contribution in [3.63, 3.8) is 0 Å². The number of carbonyl (C=O) groups excluding carboxylic acids is 1. The van der Waals surface area contributed by atoms with Crippen molar-refractivity contribution in [1.29, 1.82) is 0 Å². The summed E-state index contributed by atoms with van der Waals surface area (Å²) in [5.74, 6) is 0.731. The largest absolute Gasteiger partial charge is 0.497 e. The summed E-state index contributed by atoms with van der Waals surface area (Å²) in [7, 11) is 1.63. The lowest BCUT2D eigenvalue weighted by Crippen LogP contribution is -2.28. The lowest BCUT2D eigenvalue weighted by molar-refractivity contribution is 0.0945. The molecule has 1 amide bonds. The molecule has 0 aliphatic rings. The third kappa shape index (κ3) is 5.79. The Hall–Kier alpha value is -4.35. The predicted molar refractivity (Wildman–Crippen MR) is 152 cm³/mol. The molecular weight excluding hydrogens is 494 g/mol. The minimum absolute atomic E-state index is 0.172. The maximum Gasteiger partial charge on any atom is 0.270 e. The number of hydrogen-bond acceptors (Lipinski definition) is 3. The molecule has 5 nitrogen and oxygen atoms in total. The molecule has 1 N–H and O–H groups in total. The van der Waals surface area contributed by atoms with Crippen molar-refractivity contribution in [2.24, 2.45) is 0 Å². The van der Waals surface area contributed by atoms with Gasteiger partial charge in [0.05, 0.1) is 18.5 Å². The molecule has 190 valence electrons. The maximum absolute atomic E-state index is 13.5. The summed E-state index contributed by atoms with van der Waals surface area (Å²) in [6, 6.07) is 37.5. The van der Waals surface area contributed by atoms with E-state index in [1.54, 1.807) is 23.9 Å². The van der Waals surface area contributed by atoms with Crippen LogP contribution in [-0.2, 0) is 0 Å². The molecule has 0 saturated heterocycles. The molecule has 38 heavy (non-hydrogen) atoms. The summed E-state index contributed by atoms with van der Waals surface area (Å²) < 4.78 is 6.92. The van der Waals surface area contributed by atoms with Gasteiger partial charge in [-0.15, -0.1) is 0 Å². The Morgan fingerprint density at radius 2 is 1.53 bits per heavy atom. The fourth-order valence-electron chi connectivity index (χ4n) is 4.57. The highest BCUT2D eigenvalue weighted by atomic mass is 35.5. The average molecular weight is 522 g/mol. The molecule has 0 atom stereocenters. The second-order valence-corrected chi connectivity index (χ2v) is 9.39. The minimum atomic E-state index is -0.197. The molecule has 0 bridgehead atoms. The van der Waals surface area contributed by atoms with E-state index in [0.29, 0.717) is 28.6 Å². The average Bonchev–Trinajstić information content (AvgIpc) is 3.42. The zero-order chi connectivity index (χ0) is 26.3. The van der Waals surface area contributed by atoms with Crippen LogP contribution >= 0.6 is 11.6 Å². The molecule has 0 spiro atoms. The van der Waals surface area contributed by atoms with Crippen LogP contribution in [0.4, 0.5) is 0 Å². The first kappa shape index (κ1) is 25.3. The van der Waals surface area contributed by atoms with Gasteiger partial charge in [-0.1, -0.05) is 78.3 Å². The lowest BCUT2D eigenvalue weighted by atomic mass is 9.88. The fraction of sp³-hybridized carbons (Fsp3) is 0.125. The number of amides is 1. The number of nitrogens with one attached hydrogen (secondary N) is 1. The van der Waals surface area contributed by atoms with Gasteiger partial charge in [0.1, 0.15) is 11.4 Å². The molecule has 1 heterocycles. The van der Waals surface area contributed by atoms with Gasteiger partial charge in [-0.2, -0.15) is 5.10 Å². The van der Waals surface area contributed by atoms with E-state index in [4.69, 9.17) is 21.4 Å². The Morgan fingerprint density at radius 1 is 0.868 bits per heavy atom. The van der Waals surface area contributed by atoms with Crippen molar-refractivity contribution in [3.05, 3.63) is 137 Å². The van der Waals surface area contributed by atoms with Crippen LogP contribution in [-0.4, -0.2) is 29.3 Å². The Kier molecular flexibility index (Phi) is 7.86. The quantitative estimate of drug-likeness (QED) is 0.224. The van der Waals surface area contributed by atoms with Crippen molar-refractivity contribution >= 4 is 17.5 Å². The zero-order valence-corrected chi connectivity index (χ0v) is 21.8. The highest BCUT2D eigenvalue weighted by molar-refractivity contribution is 6.30. The smallest absolute Gasteiger partial charge is 0.270 e. The molecule has 5 rings (SSSR count). The number of halogens is 1. The van der Waals surface area contributed by atoms with E-state index >= 15 is 0 Å². The molecule has 0 radical (unpaired) electrons. The number of rotatable bonds is 9. The molecule has 0 aliphatic heterocycles. The van der Waals surface area contributed by atoms with Gasteiger partial charge in [0.25, 0.3) is 5.91 Å². The van der Waals surface area contributed by atoms with E-state index in [1.807, 2.05) is 78.9 Å². The monoisotopic (exact) mass is 521 g/mol. The van der Waals surface area contributed by atoms with Gasteiger partial charge >= 0.3 is 0 Å². The number of methoxy groups -OCH3 is 1. The topological polar surface area (TPSA) is 56.1 Å². The Morgan fingerprint density at radius 3 is 2.13 bits per heavy atom. The molecule has 0 unspecified atom stereocenters. The van der Waals surface area contributed by atoms with Crippen molar-refractivity contribution in [2.75, 3.05) is 13.7 Å². The molecule has 5 aromatic rings. The lowest BCUT2D eigenvalue weighted by Gasteiger charge is -2.18. The molecule has 6 heteroatoms. The van der Waals surface area contributed by atoms with Gasteiger partial charge in [-0.25, -0.2) is 4.68 Å². The van der Waals surface area contributed by atoms with Gasteiger partial charge in [0, 0.05) is 23.0 Å². The second kappa shape index (κ2) is 11.8. The van der Waals surface area contributed by atoms with E-state index in [-0.39, 0.29) is 11.8 Å². The van der Waals surface area contributed by atoms with Crippen LogP contribution in [0.15, 0.2) is 115 Å². The Balaban J connectivity index is 1.40. The number of benzene rings is 4. The SMILES string of the molecule is COc1ccc(-c2cc(C(=O)NCCC(c3ccccc3)c3ccccc3)n(-c3cccc(Cl)c3)n2)cc1. The summed E-state index contributed by atoms with van der Waals surface area (Å²) in [5.41, 5.74) is 5.17.